The van der Waals surface area contributed by atoms with Crippen LogP contribution in [-0.4, -0.2) is 26.3 Å². The predicted octanol–water partition coefficient (Wildman–Crippen LogP) is 7.06. The zero-order chi connectivity index (χ0) is 22.1. The van der Waals surface area contributed by atoms with E-state index in [-0.39, 0.29) is 5.41 Å². The molecule has 0 aliphatic heterocycles. The number of hydrogen-bond donors (Lipinski definition) is 0. The highest BCUT2D eigenvalue weighted by molar-refractivity contribution is 7.99. The average Bonchev–Trinajstić information content (AvgIpc) is 3.17. The maximum Gasteiger partial charge on any atom is 0.191 e. The number of halogens is 1. The molecule has 0 atom stereocenters. The van der Waals surface area contributed by atoms with E-state index in [1.54, 1.807) is 11.8 Å². The molecule has 2 aromatic rings. The van der Waals surface area contributed by atoms with Crippen molar-refractivity contribution in [1.29, 1.82) is 0 Å². The van der Waals surface area contributed by atoms with Gasteiger partial charge in [-0.15, -0.1) is 10.2 Å². The minimum absolute atomic E-state index is 0.0350. The second-order valence-electron chi connectivity index (χ2n) is 10.4. The number of benzene rings is 1. The summed E-state index contributed by atoms with van der Waals surface area (Å²) >= 11 is 7.69. The van der Waals surface area contributed by atoms with Gasteiger partial charge in [-0.25, -0.2) is 0 Å². The minimum atomic E-state index is -0.0350. The Kier molecular flexibility index (Phi) is 6.67. The monoisotopic (exact) mass is 471 g/mol. The molecule has 0 spiro atoms. The van der Waals surface area contributed by atoms with Crippen molar-refractivity contribution >= 4 is 29.1 Å². The summed E-state index contributed by atoms with van der Waals surface area (Å²) in [5, 5.41) is 10.6. The second-order valence-corrected chi connectivity index (χ2v) is 11.8. The number of unbranched alkanes of at least 4 members (excludes halogenated alkanes) is 3. The van der Waals surface area contributed by atoms with Crippen LogP contribution in [0.15, 0.2) is 29.4 Å². The minimum Gasteiger partial charge on any atom is -0.302 e. The highest BCUT2D eigenvalue weighted by atomic mass is 35.5. The first kappa shape index (κ1) is 22.5. The topological polar surface area (TPSA) is 47.8 Å². The fraction of sp³-hybridized carbons (Fsp3) is 0.654. The molecule has 6 rings (SSSR count). The van der Waals surface area contributed by atoms with Crippen molar-refractivity contribution in [3.63, 3.8) is 0 Å². The number of nitrogens with zero attached hydrogens (tertiary/aromatic N) is 3. The van der Waals surface area contributed by atoms with E-state index in [4.69, 9.17) is 11.6 Å². The van der Waals surface area contributed by atoms with Crippen LogP contribution < -0.4 is 0 Å². The maximum absolute atomic E-state index is 13.5. The van der Waals surface area contributed by atoms with Gasteiger partial charge in [0.15, 0.2) is 11.0 Å². The SMILES string of the molecule is CCCCCCn1c(SCC(=O)C23CC4CC(CC(C4)C2)C3)nnc1-c1ccc(Cl)cc1. The van der Waals surface area contributed by atoms with E-state index in [1.165, 1.54) is 38.5 Å². The Morgan fingerprint density at radius 1 is 1.03 bits per heavy atom. The van der Waals surface area contributed by atoms with Gasteiger partial charge in [0.05, 0.1) is 5.75 Å². The molecule has 1 heterocycles. The Morgan fingerprint density at radius 2 is 1.69 bits per heavy atom. The Bertz CT molecular complexity index is 919. The van der Waals surface area contributed by atoms with Crippen LogP contribution in [0.1, 0.15) is 71.1 Å². The van der Waals surface area contributed by atoms with E-state index in [9.17, 15) is 4.79 Å². The van der Waals surface area contributed by atoms with Gasteiger partial charge >= 0.3 is 0 Å². The van der Waals surface area contributed by atoms with Gasteiger partial charge < -0.3 is 4.57 Å². The molecule has 4 saturated carbocycles. The highest BCUT2D eigenvalue weighted by Gasteiger charge is 2.54. The molecule has 0 radical (unpaired) electrons. The van der Waals surface area contributed by atoms with Gasteiger partial charge in [-0.3, -0.25) is 4.79 Å². The van der Waals surface area contributed by atoms with Crippen molar-refractivity contribution in [2.45, 2.75) is 82.8 Å². The van der Waals surface area contributed by atoms with Crippen molar-refractivity contribution in [1.82, 2.24) is 14.8 Å². The number of thioether (sulfide) groups is 1. The molecule has 32 heavy (non-hydrogen) atoms. The zero-order valence-electron chi connectivity index (χ0n) is 19.1. The Labute approximate surface area is 200 Å². The normalized spacial score (nSPS) is 28.4. The molecular formula is C26H34ClN3OS. The molecule has 1 aromatic carbocycles. The van der Waals surface area contributed by atoms with Gasteiger partial charge in [-0.1, -0.05) is 49.5 Å². The second kappa shape index (κ2) is 9.50. The first-order valence-corrected chi connectivity index (χ1v) is 13.8. The number of Topliss-reactive ketones (excluding diaryl/α,β-unsaturated/α-hetero) is 1. The maximum atomic E-state index is 13.5. The number of carbonyl (C=O) groups is 1. The number of rotatable bonds is 10. The smallest absolute Gasteiger partial charge is 0.191 e. The summed E-state index contributed by atoms with van der Waals surface area (Å²) in [6.07, 6.45) is 12.3. The first-order valence-electron chi connectivity index (χ1n) is 12.4. The quantitative estimate of drug-likeness (QED) is 0.275. The summed E-state index contributed by atoms with van der Waals surface area (Å²) in [6, 6.07) is 7.81. The molecule has 0 amide bonds. The fourth-order valence-corrected chi connectivity index (χ4v) is 7.97. The van der Waals surface area contributed by atoms with Crippen LogP contribution in [0, 0.1) is 23.2 Å². The summed E-state index contributed by atoms with van der Waals surface area (Å²) in [4.78, 5) is 13.5. The number of carbonyl (C=O) groups excluding carboxylic acids is 1. The van der Waals surface area contributed by atoms with E-state index in [0.717, 1.165) is 71.5 Å². The third kappa shape index (κ3) is 4.52. The van der Waals surface area contributed by atoms with Crippen molar-refractivity contribution in [2.24, 2.45) is 23.2 Å². The molecular weight excluding hydrogens is 438 g/mol. The first-order chi connectivity index (χ1) is 15.6. The number of aromatic nitrogens is 3. The summed E-state index contributed by atoms with van der Waals surface area (Å²) < 4.78 is 2.22. The van der Waals surface area contributed by atoms with Crippen LogP contribution in [0.4, 0.5) is 0 Å². The lowest BCUT2D eigenvalue weighted by Gasteiger charge is -2.56. The van der Waals surface area contributed by atoms with Gasteiger partial charge in [-0.05, 0) is 87.0 Å². The molecule has 4 nitrogen and oxygen atoms in total. The number of ketones is 1. The molecule has 0 N–H and O–H groups in total. The lowest BCUT2D eigenvalue weighted by atomic mass is 9.48. The van der Waals surface area contributed by atoms with E-state index < -0.39 is 0 Å². The highest BCUT2D eigenvalue weighted by Crippen LogP contribution is 2.60. The largest absolute Gasteiger partial charge is 0.302 e. The molecule has 1 aromatic heterocycles. The molecule has 0 saturated heterocycles. The third-order valence-electron chi connectivity index (χ3n) is 8.02. The standard InChI is InChI=1S/C26H34ClN3OS/c1-2-3-4-5-10-30-24(21-6-8-22(27)9-7-21)28-29-25(30)32-17-23(31)26-14-18-11-19(15-26)13-20(12-18)16-26/h6-9,18-20H,2-5,10-17H2,1H3. The molecule has 4 bridgehead atoms. The van der Waals surface area contributed by atoms with Crippen LogP contribution >= 0.6 is 23.4 Å². The Hall–Kier alpha value is -1.33. The van der Waals surface area contributed by atoms with Gasteiger partial charge in [0, 0.05) is 22.5 Å². The Morgan fingerprint density at radius 3 is 2.31 bits per heavy atom. The summed E-state index contributed by atoms with van der Waals surface area (Å²) in [5.41, 5.74) is 0.990. The summed E-state index contributed by atoms with van der Waals surface area (Å²) in [5.74, 6) is 4.27. The molecule has 4 aliphatic rings. The van der Waals surface area contributed by atoms with E-state index in [0.29, 0.717) is 11.5 Å². The molecule has 0 unspecified atom stereocenters. The van der Waals surface area contributed by atoms with E-state index in [2.05, 4.69) is 21.7 Å². The van der Waals surface area contributed by atoms with Gasteiger partial charge in [0.25, 0.3) is 0 Å². The lowest BCUT2D eigenvalue weighted by Crippen LogP contribution is -2.50. The van der Waals surface area contributed by atoms with Gasteiger partial charge in [0.2, 0.25) is 0 Å². The molecule has 6 heteroatoms. The predicted molar refractivity (Wildman–Crippen MR) is 131 cm³/mol. The Balaban J connectivity index is 1.31. The van der Waals surface area contributed by atoms with Crippen LogP contribution in [0.25, 0.3) is 11.4 Å². The molecule has 4 aliphatic carbocycles. The van der Waals surface area contributed by atoms with Crippen LogP contribution in [-0.2, 0) is 11.3 Å². The molecule has 4 fully saturated rings. The van der Waals surface area contributed by atoms with E-state index in [1.807, 2.05) is 24.3 Å². The van der Waals surface area contributed by atoms with Crippen molar-refractivity contribution in [2.75, 3.05) is 5.75 Å². The number of hydrogen-bond acceptors (Lipinski definition) is 4. The summed E-state index contributed by atoms with van der Waals surface area (Å²) in [6.45, 7) is 3.12. The zero-order valence-corrected chi connectivity index (χ0v) is 20.6. The molecule has 172 valence electrons. The third-order valence-corrected chi connectivity index (χ3v) is 9.24. The van der Waals surface area contributed by atoms with E-state index >= 15 is 0 Å². The van der Waals surface area contributed by atoms with Crippen molar-refractivity contribution < 1.29 is 4.79 Å². The van der Waals surface area contributed by atoms with Crippen LogP contribution in [0.2, 0.25) is 5.02 Å². The summed E-state index contributed by atoms with van der Waals surface area (Å²) in [7, 11) is 0. The van der Waals surface area contributed by atoms with Gasteiger partial charge in [0.1, 0.15) is 5.78 Å². The fourth-order valence-electron chi connectivity index (χ4n) is 6.84. The van der Waals surface area contributed by atoms with Crippen molar-refractivity contribution in [3.8, 4) is 11.4 Å². The van der Waals surface area contributed by atoms with Crippen LogP contribution in [0.3, 0.4) is 0 Å². The van der Waals surface area contributed by atoms with Crippen molar-refractivity contribution in [3.05, 3.63) is 29.3 Å². The van der Waals surface area contributed by atoms with Crippen LogP contribution in [0.5, 0.6) is 0 Å². The van der Waals surface area contributed by atoms with Gasteiger partial charge in [-0.2, -0.15) is 0 Å². The lowest BCUT2D eigenvalue weighted by molar-refractivity contribution is -0.141. The average molecular weight is 472 g/mol.